The maximum absolute atomic E-state index is 10.6. The van der Waals surface area contributed by atoms with Gasteiger partial charge in [0.05, 0.1) is 17.6 Å². The Hall–Kier alpha value is -1.88. The first-order valence-electron chi connectivity index (χ1n) is 7.34. The van der Waals surface area contributed by atoms with E-state index in [1.54, 1.807) is 0 Å². The highest BCUT2D eigenvalue weighted by molar-refractivity contribution is 5.77. The summed E-state index contributed by atoms with van der Waals surface area (Å²) in [4.78, 5) is 15.3. The number of aryl methyl sites for hydroxylation is 1. The number of carboxylic acid groups (broad SMARTS) is 1. The van der Waals surface area contributed by atoms with Gasteiger partial charge in [-0.1, -0.05) is 19.9 Å². The summed E-state index contributed by atoms with van der Waals surface area (Å²) < 4.78 is 1.99. The SMILES string of the molecule is CC(C)c1ccc2c(c1)nc(CCCC(=O)O)n2CCO. The number of carboxylic acids is 1. The van der Waals surface area contributed by atoms with E-state index < -0.39 is 5.97 Å². The van der Waals surface area contributed by atoms with E-state index in [2.05, 4.69) is 31.0 Å². The number of fused-ring (bicyclic) bond motifs is 1. The van der Waals surface area contributed by atoms with E-state index in [0.717, 1.165) is 16.9 Å². The summed E-state index contributed by atoms with van der Waals surface area (Å²) in [5.41, 5.74) is 3.15. The Bertz CT molecular complexity index is 632. The predicted molar refractivity (Wildman–Crippen MR) is 81.5 cm³/mol. The van der Waals surface area contributed by atoms with Crippen LogP contribution in [0.25, 0.3) is 11.0 Å². The van der Waals surface area contributed by atoms with Gasteiger partial charge in [0, 0.05) is 19.4 Å². The largest absolute Gasteiger partial charge is 0.481 e. The first-order chi connectivity index (χ1) is 10.0. The van der Waals surface area contributed by atoms with Gasteiger partial charge in [0.1, 0.15) is 5.82 Å². The van der Waals surface area contributed by atoms with Gasteiger partial charge in [-0.15, -0.1) is 0 Å². The van der Waals surface area contributed by atoms with Crippen LogP contribution < -0.4 is 0 Å². The van der Waals surface area contributed by atoms with Gasteiger partial charge < -0.3 is 14.8 Å². The van der Waals surface area contributed by atoms with E-state index in [-0.39, 0.29) is 13.0 Å². The summed E-state index contributed by atoms with van der Waals surface area (Å²) >= 11 is 0. The fraction of sp³-hybridized carbons (Fsp3) is 0.500. The molecule has 1 heterocycles. The molecule has 2 rings (SSSR count). The highest BCUT2D eigenvalue weighted by Crippen LogP contribution is 2.23. The quantitative estimate of drug-likeness (QED) is 0.821. The smallest absolute Gasteiger partial charge is 0.303 e. The summed E-state index contributed by atoms with van der Waals surface area (Å²) in [6, 6.07) is 6.20. The van der Waals surface area contributed by atoms with Crippen LogP contribution in [0.2, 0.25) is 0 Å². The van der Waals surface area contributed by atoms with Gasteiger partial charge in [0.25, 0.3) is 0 Å². The van der Waals surface area contributed by atoms with Gasteiger partial charge >= 0.3 is 5.97 Å². The third-order valence-corrected chi connectivity index (χ3v) is 3.63. The molecule has 0 amide bonds. The molecule has 0 spiro atoms. The van der Waals surface area contributed by atoms with Crippen molar-refractivity contribution < 1.29 is 15.0 Å². The zero-order valence-corrected chi connectivity index (χ0v) is 12.5. The van der Waals surface area contributed by atoms with Gasteiger partial charge in [-0.2, -0.15) is 0 Å². The van der Waals surface area contributed by atoms with E-state index in [1.807, 2.05) is 10.6 Å². The highest BCUT2D eigenvalue weighted by Gasteiger charge is 2.12. The number of benzene rings is 1. The number of hydrogen-bond acceptors (Lipinski definition) is 3. The van der Waals surface area contributed by atoms with Crippen LogP contribution in [0.4, 0.5) is 0 Å². The minimum Gasteiger partial charge on any atom is -0.481 e. The lowest BCUT2D eigenvalue weighted by Crippen LogP contribution is -2.08. The van der Waals surface area contributed by atoms with E-state index in [1.165, 1.54) is 5.56 Å². The lowest BCUT2D eigenvalue weighted by Gasteiger charge is -2.08. The van der Waals surface area contributed by atoms with E-state index in [4.69, 9.17) is 5.11 Å². The Morgan fingerprint density at radius 2 is 2.14 bits per heavy atom. The predicted octanol–water partition coefficient (Wildman–Crippen LogP) is 2.56. The Morgan fingerprint density at radius 3 is 2.76 bits per heavy atom. The standard InChI is InChI=1S/C16H22N2O3/c1-11(2)12-6-7-14-13(10-12)17-15(18(14)8-9-19)4-3-5-16(20)21/h6-7,10-11,19H,3-5,8-9H2,1-2H3,(H,20,21). The maximum atomic E-state index is 10.6. The van der Waals surface area contributed by atoms with Crippen LogP contribution in [0.15, 0.2) is 18.2 Å². The Kier molecular flexibility index (Phi) is 4.96. The molecule has 0 aliphatic heterocycles. The fourth-order valence-corrected chi connectivity index (χ4v) is 2.49. The molecule has 1 aromatic heterocycles. The van der Waals surface area contributed by atoms with Crippen molar-refractivity contribution in [3.63, 3.8) is 0 Å². The lowest BCUT2D eigenvalue weighted by atomic mass is 10.0. The normalized spacial score (nSPS) is 11.4. The van der Waals surface area contributed by atoms with E-state index in [0.29, 0.717) is 25.3 Å². The molecule has 2 N–H and O–H groups in total. The third kappa shape index (κ3) is 3.61. The van der Waals surface area contributed by atoms with Crippen LogP contribution >= 0.6 is 0 Å². The molecule has 0 fully saturated rings. The topological polar surface area (TPSA) is 75.3 Å². The van der Waals surface area contributed by atoms with Crippen molar-refractivity contribution in [2.75, 3.05) is 6.61 Å². The number of carbonyl (C=O) groups is 1. The van der Waals surface area contributed by atoms with Crippen LogP contribution in [0.1, 0.15) is 44.0 Å². The highest BCUT2D eigenvalue weighted by atomic mass is 16.4. The first kappa shape index (κ1) is 15.5. The van der Waals surface area contributed by atoms with Crippen molar-refractivity contribution in [1.82, 2.24) is 9.55 Å². The van der Waals surface area contributed by atoms with Crippen molar-refractivity contribution >= 4 is 17.0 Å². The molecule has 0 saturated heterocycles. The van der Waals surface area contributed by atoms with Crippen molar-refractivity contribution in [3.8, 4) is 0 Å². The van der Waals surface area contributed by atoms with Gasteiger partial charge in [-0.05, 0) is 30.0 Å². The molecule has 5 heteroatoms. The van der Waals surface area contributed by atoms with Gasteiger partial charge in [0.2, 0.25) is 0 Å². The number of aliphatic hydroxyl groups is 1. The number of aliphatic hydroxyl groups excluding tert-OH is 1. The van der Waals surface area contributed by atoms with Gasteiger partial charge in [-0.3, -0.25) is 4.79 Å². The van der Waals surface area contributed by atoms with Crippen LogP contribution in [-0.4, -0.2) is 32.3 Å². The van der Waals surface area contributed by atoms with Crippen molar-refractivity contribution in [1.29, 1.82) is 0 Å². The number of nitrogens with zero attached hydrogens (tertiary/aromatic N) is 2. The monoisotopic (exact) mass is 290 g/mol. The molecule has 114 valence electrons. The van der Waals surface area contributed by atoms with Crippen LogP contribution in [0.5, 0.6) is 0 Å². The summed E-state index contributed by atoms with van der Waals surface area (Å²) in [6.07, 6.45) is 1.30. The molecule has 5 nitrogen and oxygen atoms in total. The second-order valence-corrected chi connectivity index (χ2v) is 5.55. The molecule has 0 aliphatic rings. The molecule has 0 aliphatic carbocycles. The summed E-state index contributed by atoms with van der Waals surface area (Å²) in [5.74, 6) is 0.496. The number of aromatic nitrogens is 2. The van der Waals surface area contributed by atoms with Crippen molar-refractivity contribution in [2.24, 2.45) is 0 Å². The van der Waals surface area contributed by atoms with E-state index in [9.17, 15) is 9.90 Å². The Labute approximate surface area is 124 Å². The average Bonchev–Trinajstić information content (AvgIpc) is 2.76. The zero-order chi connectivity index (χ0) is 15.4. The maximum Gasteiger partial charge on any atom is 0.303 e. The summed E-state index contributed by atoms with van der Waals surface area (Å²) in [5, 5.41) is 18.0. The molecule has 0 bridgehead atoms. The Balaban J connectivity index is 2.33. The van der Waals surface area contributed by atoms with Gasteiger partial charge in [-0.25, -0.2) is 4.98 Å². The number of rotatable bonds is 7. The number of imidazole rings is 1. The summed E-state index contributed by atoms with van der Waals surface area (Å²) in [6.45, 7) is 4.81. The lowest BCUT2D eigenvalue weighted by molar-refractivity contribution is -0.137. The van der Waals surface area contributed by atoms with Crippen LogP contribution in [0, 0.1) is 0 Å². The molecular weight excluding hydrogens is 268 g/mol. The second kappa shape index (κ2) is 6.72. The molecule has 0 saturated carbocycles. The number of aliphatic carboxylic acids is 1. The number of hydrogen-bond donors (Lipinski definition) is 2. The zero-order valence-electron chi connectivity index (χ0n) is 12.5. The van der Waals surface area contributed by atoms with Crippen molar-refractivity contribution in [2.45, 2.75) is 45.6 Å². The van der Waals surface area contributed by atoms with Crippen LogP contribution in [-0.2, 0) is 17.8 Å². The molecular formula is C16H22N2O3. The molecule has 21 heavy (non-hydrogen) atoms. The molecule has 0 radical (unpaired) electrons. The van der Waals surface area contributed by atoms with Crippen molar-refractivity contribution in [3.05, 3.63) is 29.6 Å². The third-order valence-electron chi connectivity index (χ3n) is 3.63. The minimum absolute atomic E-state index is 0.0450. The molecule has 0 unspecified atom stereocenters. The second-order valence-electron chi connectivity index (χ2n) is 5.55. The van der Waals surface area contributed by atoms with Gasteiger partial charge in [0.15, 0.2) is 0 Å². The van der Waals surface area contributed by atoms with Crippen LogP contribution in [0.3, 0.4) is 0 Å². The minimum atomic E-state index is -0.790. The molecule has 0 atom stereocenters. The molecule has 1 aromatic carbocycles. The fourth-order valence-electron chi connectivity index (χ4n) is 2.49. The Morgan fingerprint density at radius 1 is 1.38 bits per heavy atom. The molecule has 2 aromatic rings. The average molecular weight is 290 g/mol. The van der Waals surface area contributed by atoms with E-state index >= 15 is 0 Å². The first-order valence-corrected chi connectivity index (χ1v) is 7.34. The summed E-state index contributed by atoms with van der Waals surface area (Å²) in [7, 11) is 0.